The Morgan fingerprint density at radius 1 is 1.17 bits per heavy atom. The second-order valence-electron chi connectivity index (χ2n) is 5.31. The Bertz CT molecular complexity index is 356. The van der Waals surface area contributed by atoms with Crippen LogP contribution in [0.4, 0.5) is 0 Å². The lowest BCUT2D eigenvalue weighted by atomic mass is 10.0. The third-order valence-corrected chi connectivity index (χ3v) is 2.69. The monoisotopic (exact) mass is 270 g/mol. The van der Waals surface area contributed by atoms with Crippen molar-refractivity contribution < 1.29 is 14.9 Å². The summed E-state index contributed by atoms with van der Waals surface area (Å²) in [5.41, 5.74) is 0.441. The molecule has 0 aromatic heterocycles. The van der Waals surface area contributed by atoms with Gasteiger partial charge in [0.15, 0.2) is 0 Å². The quantitative estimate of drug-likeness (QED) is 0.721. The fourth-order valence-corrected chi connectivity index (χ4v) is 1.86. The molecule has 0 bridgehead atoms. The van der Waals surface area contributed by atoms with Gasteiger partial charge in [0.05, 0.1) is 6.10 Å². The van der Waals surface area contributed by atoms with E-state index < -0.39 is 12.2 Å². The molecule has 102 valence electrons. The molecule has 1 aromatic carbocycles. The molecular formula is C14H22O3S. The van der Waals surface area contributed by atoms with Crippen molar-refractivity contribution in [3.63, 3.8) is 0 Å². The van der Waals surface area contributed by atoms with Crippen LogP contribution in [0.1, 0.15) is 38.9 Å². The molecule has 0 aliphatic carbocycles. The van der Waals surface area contributed by atoms with Gasteiger partial charge in [-0.05, 0) is 50.6 Å². The van der Waals surface area contributed by atoms with E-state index in [1.165, 1.54) is 0 Å². The largest absolute Gasteiger partial charge is 0.488 e. The van der Waals surface area contributed by atoms with E-state index in [9.17, 15) is 10.2 Å². The predicted octanol–water partition coefficient (Wildman–Crippen LogP) is 2.58. The van der Waals surface area contributed by atoms with Crippen LogP contribution in [0.5, 0.6) is 5.75 Å². The number of aliphatic hydroxyl groups is 2. The maximum Gasteiger partial charge on any atom is 0.120 e. The highest BCUT2D eigenvalue weighted by atomic mass is 32.1. The van der Waals surface area contributed by atoms with Crippen LogP contribution in [-0.4, -0.2) is 27.7 Å². The van der Waals surface area contributed by atoms with Crippen LogP contribution >= 0.6 is 12.6 Å². The highest BCUT2D eigenvalue weighted by Gasteiger charge is 2.18. The minimum absolute atomic E-state index is 0.244. The second kappa shape index (κ2) is 6.45. The van der Waals surface area contributed by atoms with Crippen molar-refractivity contribution in [2.24, 2.45) is 0 Å². The third kappa shape index (κ3) is 4.88. The minimum Gasteiger partial charge on any atom is -0.488 e. The Morgan fingerprint density at radius 2 is 1.72 bits per heavy atom. The Kier molecular flexibility index (Phi) is 5.50. The van der Waals surface area contributed by atoms with Gasteiger partial charge in [-0.3, -0.25) is 0 Å². The fraction of sp³-hybridized carbons (Fsp3) is 0.571. The van der Waals surface area contributed by atoms with Crippen molar-refractivity contribution >= 4 is 12.6 Å². The summed E-state index contributed by atoms with van der Waals surface area (Å²) < 4.78 is 5.69. The number of hydrogen-bond donors (Lipinski definition) is 3. The van der Waals surface area contributed by atoms with Crippen molar-refractivity contribution in [2.45, 2.75) is 45.0 Å². The van der Waals surface area contributed by atoms with E-state index in [1.54, 1.807) is 24.3 Å². The summed E-state index contributed by atoms with van der Waals surface area (Å²) in [7, 11) is 0. The predicted molar refractivity (Wildman–Crippen MR) is 76.3 cm³/mol. The van der Waals surface area contributed by atoms with Gasteiger partial charge in [-0.15, -0.1) is 0 Å². The summed E-state index contributed by atoms with van der Waals surface area (Å²) in [5.74, 6) is 1.30. The van der Waals surface area contributed by atoms with Crippen molar-refractivity contribution in [2.75, 3.05) is 5.75 Å². The van der Waals surface area contributed by atoms with Gasteiger partial charge in [0, 0.05) is 0 Å². The summed E-state index contributed by atoms with van der Waals surface area (Å²) in [6.07, 6.45) is -1.19. The number of benzene rings is 1. The summed E-state index contributed by atoms with van der Waals surface area (Å²) in [5, 5.41) is 19.6. The molecule has 0 amide bonds. The fourth-order valence-electron chi connectivity index (χ4n) is 1.60. The summed E-state index contributed by atoms with van der Waals surface area (Å²) in [4.78, 5) is 0. The van der Waals surface area contributed by atoms with E-state index in [0.717, 1.165) is 5.75 Å². The van der Waals surface area contributed by atoms with Gasteiger partial charge in [0.2, 0.25) is 0 Å². The van der Waals surface area contributed by atoms with Crippen LogP contribution in [0, 0.1) is 0 Å². The molecule has 18 heavy (non-hydrogen) atoms. The first-order valence-electron chi connectivity index (χ1n) is 6.09. The maximum absolute atomic E-state index is 9.92. The molecule has 0 radical (unpaired) electrons. The van der Waals surface area contributed by atoms with Crippen LogP contribution in [0.15, 0.2) is 24.3 Å². The van der Waals surface area contributed by atoms with Gasteiger partial charge in [0.25, 0.3) is 0 Å². The molecule has 2 unspecified atom stereocenters. The summed E-state index contributed by atoms with van der Waals surface area (Å²) in [6.45, 7) is 5.94. The van der Waals surface area contributed by atoms with E-state index in [1.807, 2.05) is 20.8 Å². The van der Waals surface area contributed by atoms with Crippen LogP contribution in [-0.2, 0) is 0 Å². The SMILES string of the molecule is CC(C)(C)Oc1ccc(C(O)C(O)CCS)cc1. The molecular weight excluding hydrogens is 248 g/mol. The lowest BCUT2D eigenvalue weighted by Gasteiger charge is -2.22. The van der Waals surface area contributed by atoms with E-state index in [4.69, 9.17) is 4.74 Å². The molecule has 0 saturated heterocycles. The zero-order chi connectivity index (χ0) is 13.8. The molecule has 1 aromatic rings. The van der Waals surface area contributed by atoms with Crippen LogP contribution < -0.4 is 4.74 Å². The highest BCUT2D eigenvalue weighted by Crippen LogP contribution is 2.24. The second-order valence-corrected chi connectivity index (χ2v) is 5.76. The molecule has 0 aliphatic heterocycles. The molecule has 2 N–H and O–H groups in total. The summed E-state index contributed by atoms with van der Waals surface area (Å²) in [6, 6.07) is 7.15. The Labute approximate surface area is 114 Å². The number of thiol groups is 1. The highest BCUT2D eigenvalue weighted by molar-refractivity contribution is 7.80. The standard InChI is InChI=1S/C14H22O3S/c1-14(2,3)17-11-6-4-10(5-7-11)13(16)12(15)8-9-18/h4-7,12-13,15-16,18H,8-9H2,1-3H3. The first-order valence-corrected chi connectivity index (χ1v) is 6.72. The van der Waals surface area contributed by atoms with Crippen LogP contribution in [0.3, 0.4) is 0 Å². The zero-order valence-corrected chi connectivity index (χ0v) is 12.0. The molecule has 4 heteroatoms. The lowest BCUT2D eigenvalue weighted by Crippen LogP contribution is -2.23. The smallest absolute Gasteiger partial charge is 0.120 e. The van der Waals surface area contributed by atoms with E-state index in [0.29, 0.717) is 17.7 Å². The van der Waals surface area contributed by atoms with E-state index in [-0.39, 0.29) is 5.60 Å². The molecule has 0 spiro atoms. The molecule has 0 saturated carbocycles. The Balaban J connectivity index is 2.70. The third-order valence-electron chi connectivity index (χ3n) is 2.43. The molecule has 0 heterocycles. The van der Waals surface area contributed by atoms with Gasteiger partial charge >= 0.3 is 0 Å². The van der Waals surface area contributed by atoms with Crippen molar-refractivity contribution in [1.82, 2.24) is 0 Å². The van der Waals surface area contributed by atoms with Gasteiger partial charge in [-0.1, -0.05) is 12.1 Å². The number of rotatable bonds is 5. The van der Waals surface area contributed by atoms with Crippen molar-refractivity contribution in [3.8, 4) is 5.75 Å². The van der Waals surface area contributed by atoms with Crippen molar-refractivity contribution in [3.05, 3.63) is 29.8 Å². The van der Waals surface area contributed by atoms with Gasteiger partial charge in [-0.25, -0.2) is 0 Å². The van der Waals surface area contributed by atoms with E-state index in [2.05, 4.69) is 12.6 Å². The number of aliphatic hydroxyl groups excluding tert-OH is 2. The van der Waals surface area contributed by atoms with Crippen LogP contribution in [0.25, 0.3) is 0 Å². The molecule has 0 aliphatic rings. The van der Waals surface area contributed by atoms with Crippen molar-refractivity contribution in [1.29, 1.82) is 0 Å². The van der Waals surface area contributed by atoms with Gasteiger partial charge in [0.1, 0.15) is 17.5 Å². The normalized spacial score (nSPS) is 15.2. The van der Waals surface area contributed by atoms with Crippen LogP contribution in [0.2, 0.25) is 0 Å². The molecule has 0 fully saturated rings. The first-order chi connectivity index (χ1) is 8.33. The molecule has 3 nitrogen and oxygen atoms in total. The lowest BCUT2D eigenvalue weighted by molar-refractivity contribution is 0.0172. The Hall–Kier alpha value is -0.710. The molecule has 1 rings (SSSR count). The average Bonchev–Trinajstić information content (AvgIpc) is 2.27. The van der Waals surface area contributed by atoms with Gasteiger partial charge in [-0.2, -0.15) is 12.6 Å². The van der Waals surface area contributed by atoms with Gasteiger partial charge < -0.3 is 14.9 Å². The van der Waals surface area contributed by atoms with E-state index >= 15 is 0 Å². The minimum atomic E-state index is -0.874. The summed E-state index contributed by atoms with van der Waals surface area (Å²) >= 11 is 4.04. The number of ether oxygens (including phenoxy) is 1. The molecule has 2 atom stereocenters. The topological polar surface area (TPSA) is 49.7 Å². The Morgan fingerprint density at radius 3 is 2.17 bits per heavy atom. The average molecular weight is 270 g/mol. The number of hydrogen-bond acceptors (Lipinski definition) is 4. The zero-order valence-electron chi connectivity index (χ0n) is 11.1. The first kappa shape index (κ1) is 15.3. The maximum atomic E-state index is 9.92.